The van der Waals surface area contributed by atoms with Gasteiger partial charge in [0.25, 0.3) is 0 Å². The number of nitrogens with one attached hydrogen (secondary N) is 2. The molecule has 0 spiro atoms. The second-order valence-electron chi connectivity index (χ2n) is 7.96. The number of amides is 2. The van der Waals surface area contributed by atoms with Gasteiger partial charge >= 0.3 is 11.8 Å². The average molecular weight is 425 g/mol. The van der Waals surface area contributed by atoms with Gasteiger partial charge in [-0.15, -0.1) is 0 Å². The zero-order valence-corrected chi connectivity index (χ0v) is 17.6. The third kappa shape index (κ3) is 5.13. The Morgan fingerprint density at radius 3 is 2.09 bits per heavy atom. The van der Waals surface area contributed by atoms with Crippen molar-refractivity contribution < 1.29 is 14.3 Å². The summed E-state index contributed by atoms with van der Waals surface area (Å²) in [5.41, 5.74) is 2.06. The van der Waals surface area contributed by atoms with Gasteiger partial charge in [-0.3, -0.25) is 9.59 Å². The van der Waals surface area contributed by atoms with Gasteiger partial charge in [-0.05, 0) is 72.4 Å². The zero-order chi connectivity index (χ0) is 22.5. The Bertz CT molecular complexity index is 1140. The fourth-order valence-corrected chi connectivity index (χ4v) is 3.65. The van der Waals surface area contributed by atoms with Crippen LogP contribution in [0.1, 0.15) is 30.5 Å². The highest BCUT2D eigenvalue weighted by atomic mass is 16.5. The smallest absolute Gasteiger partial charge is 0.313 e. The molecule has 2 N–H and O–H groups in total. The standard InChI is InChI=1S/C26H23N3O3/c1-17-15-23(17)24(19-5-3-2-4-6-19)29-26(31)25(30)28-20-9-13-22(14-10-20)32-21-11-7-18(16-27)8-12-21/h2-14,17,23-24H,15H2,1H3,(H,28,30)(H,29,31). The van der Waals surface area contributed by atoms with E-state index < -0.39 is 11.8 Å². The molecule has 1 saturated carbocycles. The molecule has 0 saturated heterocycles. The number of carbonyl (C=O) groups is 2. The molecular formula is C26H23N3O3. The highest BCUT2D eigenvalue weighted by Gasteiger charge is 2.41. The summed E-state index contributed by atoms with van der Waals surface area (Å²) in [4.78, 5) is 25.0. The average Bonchev–Trinajstić information content (AvgIpc) is 3.55. The molecular weight excluding hydrogens is 402 g/mol. The lowest BCUT2D eigenvalue weighted by Gasteiger charge is -2.19. The van der Waals surface area contributed by atoms with Crippen molar-refractivity contribution >= 4 is 17.5 Å². The van der Waals surface area contributed by atoms with E-state index in [4.69, 9.17) is 10.00 Å². The predicted molar refractivity (Wildman–Crippen MR) is 121 cm³/mol. The quantitative estimate of drug-likeness (QED) is 0.555. The van der Waals surface area contributed by atoms with E-state index in [0.29, 0.717) is 34.6 Å². The molecule has 0 heterocycles. The molecule has 160 valence electrons. The van der Waals surface area contributed by atoms with Crippen LogP contribution in [-0.2, 0) is 9.59 Å². The first-order valence-corrected chi connectivity index (χ1v) is 10.5. The van der Waals surface area contributed by atoms with Crippen LogP contribution < -0.4 is 15.4 Å². The number of ether oxygens (including phenoxy) is 1. The maximum Gasteiger partial charge on any atom is 0.313 e. The Morgan fingerprint density at radius 2 is 1.53 bits per heavy atom. The van der Waals surface area contributed by atoms with Gasteiger partial charge in [0.1, 0.15) is 11.5 Å². The molecule has 3 unspecified atom stereocenters. The Kier molecular flexibility index (Phi) is 6.18. The molecule has 0 aromatic heterocycles. The largest absolute Gasteiger partial charge is 0.457 e. The van der Waals surface area contributed by atoms with Gasteiger partial charge in [0.15, 0.2) is 0 Å². The van der Waals surface area contributed by atoms with E-state index in [-0.39, 0.29) is 6.04 Å². The number of carbonyl (C=O) groups excluding carboxylic acids is 2. The first-order chi connectivity index (χ1) is 15.5. The third-order valence-corrected chi connectivity index (χ3v) is 5.58. The maximum atomic E-state index is 12.6. The van der Waals surface area contributed by atoms with Crippen molar-refractivity contribution in [1.29, 1.82) is 5.26 Å². The summed E-state index contributed by atoms with van der Waals surface area (Å²) in [6.07, 6.45) is 1.03. The Hall–Kier alpha value is -4.11. The number of anilines is 1. The highest BCUT2D eigenvalue weighted by Crippen LogP contribution is 2.46. The molecule has 3 aromatic carbocycles. The highest BCUT2D eigenvalue weighted by molar-refractivity contribution is 6.39. The molecule has 0 radical (unpaired) electrons. The molecule has 0 bridgehead atoms. The van der Waals surface area contributed by atoms with Crippen molar-refractivity contribution in [3.05, 3.63) is 90.0 Å². The second-order valence-corrected chi connectivity index (χ2v) is 7.96. The van der Waals surface area contributed by atoms with Crippen molar-refractivity contribution in [1.82, 2.24) is 5.32 Å². The van der Waals surface area contributed by atoms with E-state index in [1.807, 2.05) is 30.3 Å². The fourth-order valence-electron chi connectivity index (χ4n) is 3.65. The molecule has 6 nitrogen and oxygen atoms in total. The summed E-state index contributed by atoms with van der Waals surface area (Å²) < 4.78 is 5.73. The van der Waals surface area contributed by atoms with Crippen molar-refractivity contribution in [2.24, 2.45) is 11.8 Å². The third-order valence-electron chi connectivity index (χ3n) is 5.58. The molecule has 3 atom stereocenters. The van der Waals surface area contributed by atoms with Crippen LogP contribution >= 0.6 is 0 Å². The topological polar surface area (TPSA) is 91.2 Å². The van der Waals surface area contributed by atoms with Crippen LogP contribution in [0.3, 0.4) is 0 Å². The lowest BCUT2D eigenvalue weighted by molar-refractivity contribution is -0.136. The zero-order valence-electron chi connectivity index (χ0n) is 17.6. The molecule has 1 aliphatic rings. The number of hydrogen-bond donors (Lipinski definition) is 2. The molecule has 1 fully saturated rings. The minimum atomic E-state index is -0.708. The molecule has 6 heteroatoms. The van der Waals surface area contributed by atoms with E-state index in [2.05, 4.69) is 23.6 Å². The lowest BCUT2D eigenvalue weighted by Crippen LogP contribution is -2.38. The van der Waals surface area contributed by atoms with Crippen LogP contribution in [0.25, 0.3) is 0 Å². The first kappa shape index (κ1) is 21.1. The summed E-state index contributed by atoms with van der Waals surface area (Å²) in [5.74, 6) is 0.668. The van der Waals surface area contributed by atoms with E-state index in [1.165, 1.54) is 0 Å². The summed E-state index contributed by atoms with van der Waals surface area (Å²) in [6, 6.07) is 25.1. The van der Waals surface area contributed by atoms with Gasteiger partial charge < -0.3 is 15.4 Å². The summed E-state index contributed by atoms with van der Waals surface area (Å²) in [7, 11) is 0. The van der Waals surface area contributed by atoms with Gasteiger partial charge in [-0.2, -0.15) is 5.26 Å². The lowest BCUT2D eigenvalue weighted by atomic mass is 10.0. The summed E-state index contributed by atoms with van der Waals surface area (Å²) in [6.45, 7) is 2.15. The predicted octanol–water partition coefficient (Wildman–Crippen LogP) is 4.80. The van der Waals surface area contributed by atoms with Crippen molar-refractivity contribution in [3.63, 3.8) is 0 Å². The van der Waals surface area contributed by atoms with Crippen molar-refractivity contribution in [2.45, 2.75) is 19.4 Å². The maximum absolute atomic E-state index is 12.6. The fraction of sp³-hybridized carbons (Fsp3) is 0.192. The molecule has 3 aromatic rings. The van der Waals surface area contributed by atoms with Crippen LogP contribution in [-0.4, -0.2) is 11.8 Å². The number of benzene rings is 3. The van der Waals surface area contributed by atoms with Crippen LogP contribution in [0.15, 0.2) is 78.9 Å². The summed E-state index contributed by atoms with van der Waals surface area (Å²) >= 11 is 0. The van der Waals surface area contributed by atoms with Gasteiger partial charge in [0.2, 0.25) is 0 Å². The van der Waals surface area contributed by atoms with Gasteiger partial charge in [0, 0.05) is 5.69 Å². The molecule has 4 rings (SSSR count). The van der Waals surface area contributed by atoms with Crippen molar-refractivity contribution in [3.8, 4) is 17.6 Å². The van der Waals surface area contributed by atoms with Gasteiger partial charge in [0.05, 0.1) is 17.7 Å². The van der Waals surface area contributed by atoms with E-state index >= 15 is 0 Å². The number of rotatable bonds is 6. The van der Waals surface area contributed by atoms with E-state index in [9.17, 15) is 9.59 Å². The minimum Gasteiger partial charge on any atom is -0.457 e. The van der Waals surface area contributed by atoms with Crippen LogP contribution in [0, 0.1) is 23.2 Å². The van der Waals surface area contributed by atoms with Crippen LogP contribution in [0.5, 0.6) is 11.5 Å². The number of nitriles is 1. The second kappa shape index (κ2) is 9.36. The van der Waals surface area contributed by atoms with Crippen LogP contribution in [0.2, 0.25) is 0 Å². The van der Waals surface area contributed by atoms with E-state index in [0.717, 1.165) is 12.0 Å². The first-order valence-electron chi connectivity index (χ1n) is 10.5. The molecule has 1 aliphatic carbocycles. The Morgan fingerprint density at radius 1 is 0.938 bits per heavy atom. The molecule has 0 aliphatic heterocycles. The minimum absolute atomic E-state index is 0.173. The van der Waals surface area contributed by atoms with E-state index in [1.54, 1.807) is 48.5 Å². The Labute approximate surface area is 186 Å². The van der Waals surface area contributed by atoms with Gasteiger partial charge in [-0.1, -0.05) is 37.3 Å². The number of hydrogen-bond acceptors (Lipinski definition) is 4. The summed E-state index contributed by atoms with van der Waals surface area (Å²) in [5, 5.41) is 14.4. The normalized spacial score (nSPS) is 17.5. The van der Waals surface area contributed by atoms with Gasteiger partial charge in [-0.25, -0.2) is 0 Å². The monoisotopic (exact) mass is 425 g/mol. The Balaban J connectivity index is 1.35. The number of nitrogens with zero attached hydrogens (tertiary/aromatic N) is 1. The molecule has 2 amide bonds. The van der Waals surface area contributed by atoms with Crippen molar-refractivity contribution in [2.75, 3.05) is 5.32 Å². The molecule has 32 heavy (non-hydrogen) atoms. The SMILES string of the molecule is CC1CC1C(NC(=O)C(=O)Nc1ccc(Oc2ccc(C#N)cc2)cc1)c1ccccc1. The van der Waals surface area contributed by atoms with Crippen LogP contribution in [0.4, 0.5) is 5.69 Å².